The van der Waals surface area contributed by atoms with E-state index in [2.05, 4.69) is 9.97 Å². The minimum Gasteiger partial charge on any atom is -0.508 e. The molecule has 7 nitrogen and oxygen atoms in total. The quantitative estimate of drug-likeness (QED) is 0.904. The van der Waals surface area contributed by atoms with Gasteiger partial charge >= 0.3 is 6.09 Å². The SMILES string of the molecule is CC(C)(C)OC(=O)N1CCC(COc2cnc3ccc(O)cc3n2)CC1. The molecule has 0 atom stereocenters. The van der Waals surface area contributed by atoms with Crippen molar-refractivity contribution in [3.05, 3.63) is 24.4 Å². The van der Waals surface area contributed by atoms with Crippen LogP contribution in [-0.4, -0.2) is 51.4 Å². The molecule has 140 valence electrons. The highest BCUT2D eigenvalue weighted by atomic mass is 16.6. The first kappa shape index (κ1) is 18.2. The molecule has 1 N–H and O–H groups in total. The maximum Gasteiger partial charge on any atom is 0.410 e. The van der Waals surface area contributed by atoms with Gasteiger partial charge < -0.3 is 19.5 Å². The average Bonchev–Trinajstić information content (AvgIpc) is 2.58. The number of likely N-dealkylation sites (tertiary alicyclic amines) is 1. The summed E-state index contributed by atoms with van der Waals surface area (Å²) in [7, 11) is 0. The fourth-order valence-electron chi connectivity index (χ4n) is 2.86. The predicted octanol–water partition coefficient (Wildman–Crippen LogP) is 3.36. The van der Waals surface area contributed by atoms with Gasteiger partial charge in [-0.05, 0) is 51.7 Å². The topological polar surface area (TPSA) is 84.8 Å². The number of rotatable bonds is 3. The molecule has 0 radical (unpaired) electrons. The van der Waals surface area contributed by atoms with Crippen LogP contribution >= 0.6 is 0 Å². The number of amides is 1. The monoisotopic (exact) mass is 359 g/mol. The minimum atomic E-state index is -0.472. The molecule has 0 unspecified atom stereocenters. The Morgan fingerprint density at radius 2 is 2.00 bits per heavy atom. The number of nitrogens with zero attached hydrogens (tertiary/aromatic N) is 3. The van der Waals surface area contributed by atoms with E-state index >= 15 is 0 Å². The number of aromatic hydroxyl groups is 1. The largest absolute Gasteiger partial charge is 0.508 e. The fraction of sp³-hybridized carbons (Fsp3) is 0.526. The average molecular weight is 359 g/mol. The highest BCUT2D eigenvalue weighted by Crippen LogP contribution is 2.22. The number of hydrogen-bond acceptors (Lipinski definition) is 6. The lowest BCUT2D eigenvalue weighted by Gasteiger charge is -2.33. The number of hydrogen-bond donors (Lipinski definition) is 1. The van der Waals surface area contributed by atoms with E-state index < -0.39 is 5.60 Å². The molecule has 0 spiro atoms. The van der Waals surface area contributed by atoms with Crippen LogP contribution in [-0.2, 0) is 4.74 Å². The first-order valence-electron chi connectivity index (χ1n) is 8.87. The Kier molecular flexibility index (Phi) is 5.15. The van der Waals surface area contributed by atoms with Crippen LogP contribution in [0, 0.1) is 5.92 Å². The highest BCUT2D eigenvalue weighted by molar-refractivity contribution is 5.75. The van der Waals surface area contributed by atoms with Crippen molar-refractivity contribution in [1.82, 2.24) is 14.9 Å². The van der Waals surface area contributed by atoms with Crippen LogP contribution < -0.4 is 4.74 Å². The number of carbonyl (C=O) groups is 1. The zero-order valence-electron chi connectivity index (χ0n) is 15.4. The van der Waals surface area contributed by atoms with E-state index in [0.717, 1.165) is 12.8 Å². The lowest BCUT2D eigenvalue weighted by atomic mass is 9.98. The van der Waals surface area contributed by atoms with Crippen molar-refractivity contribution >= 4 is 17.1 Å². The summed E-state index contributed by atoms with van der Waals surface area (Å²) in [4.78, 5) is 22.5. The smallest absolute Gasteiger partial charge is 0.410 e. The second kappa shape index (κ2) is 7.35. The van der Waals surface area contributed by atoms with E-state index in [1.54, 1.807) is 29.3 Å². The molecule has 2 heterocycles. The third-order valence-electron chi connectivity index (χ3n) is 4.24. The molecule has 0 bridgehead atoms. The molecule has 1 saturated heterocycles. The highest BCUT2D eigenvalue weighted by Gasteiger charge is 2.27. The van der Waals surface area contributed by atoms with Crippen LogP contribution in [0.2, 0.25) is 0 Å². The first-order valence-corrected chi connectivity index (χ1v) is 8.87. The van der Waals surface area contributed by atoms with Crippen molar-refractivity contribution in [3.8, 4) is 11.6 Å². The van der Waals surface area contributed by atoms with Gasteiger partial charge in [0.25, 0.3) is 0 Å². The van der Waals surface area contributed by atoms with Gasteiger partial charge in [0.1, 0.15) is 11.4 Å². The summed E-state index contributed by atoms with van der Waals surface area (Å²) in [5.41, 5.74) is 0.836. The number of phenols is 1. The number of ether oxygens (including phenoxy) is 2. The Labute approximate surface area is 153 Å². The van der Waals surface area contributed by atoms with E-state index in [9.17, 15) is 9.90 Å². The molecule has 7 heteroatoms. The van der Waals surface area contributed by atoms with Crippen molar-refractivity contribution < 1.29 is 19.4 Å². The summed E-state index contributed by atoms with van der Waals surface area (Å²) < 4.78 is 11.2. The van der Waals surface area contributed by atoms with Gasteiger partial charge in [0.15, 0.2) is 0 Å². The second-order valence-electron chi connectivity index (χ2n) is 7.60. The lowest BCUT2D eigenvalue weighted by molar-refractivity contribution is 0.0164. The number of piperidine rings is 1. The zero-order valence-corrected chi connectivity index (χ0v) is 15.4. The predicted molar refractivity (Wildman–Crippen MR) is 97.2 cm³/mol. The van der Waals surface area contributed by atoms with Gasteiger partial charge in [0.2, 0.25) is 5.88 Å². The molecule has 1 aromatic carbocycles. The van der Waals surface area contributed by atoms with E-state index in [0.29, 0.717) is 42.5 Å². The summed E-state index contributed by atoms with van der Waals surface area (Å²) in [6.07, 6.45) is 3.06. The van der Waals surface area contributed by atoms with Gasteiger partial charge in [-0.15, -0.1) is 0 Å². The second-order valence-corrected chi connectivity index (χ2v) is 7.60. The molecule has 1 aliphatic heterocycles. The van der Waals surface area contributed by atoms with E-state index in [4.69, 9.17) is 9.47 Å². The molecule has 0 saturated carbocycles. The van der Waals surface area contributed by atoms with Gasteiger partial charge in [-0.3, -0.25) is 0 Å². The summed E-state index contributed by atoms with van der Waals surface area (Å²) in [6.45, 7) is 7.48. The Hall–Kier alpha value is -2.57. The first-order chi connectivity index (χ1) is 12.3. The summed E-state index contributed by atoms with van der Waals surface area (Å²) in [5, 5.41) is 9.54. The maximum absolute atomic E-state index is 12.1. The van der Waals surface area contributed by atoms with Gasteiger partial charge in [-0.25, -0.2) is 14.8 Å². The van der Waals surface area contributed by atoms with E-state index in [1.807, 2.05) is 20.8 Å². The molecule has 3 rings (SSSR count). The van der Waals surface area contributed by atoms with Crippen LogP contribution in [0.4, 0.5) is 4.79 Å². The molecule has 1 amide bonds. The van der Waals surface area contributed by atoms with Gasteiger partial charge in [0, 0.05) is 19.2 Å². The minimum absolute atomic E-state index is 0.151. The van der Waals surface area contributed by atoms with E-state index in [-0.39, 0.29) is 11.8 Å². The number of fused-ring (bicyclic) bond motifs is 1. The van der Waals surface area contributed by atoms with Crippen LogP contribution in [0.1, 0.15) is 33.6 Å². The molecule has 1 aromatic heterocycles. The Balaban J connectivity index is 1.50. The molecule has 2 aromatic rings. The number of aromatic nitrogens is 2. The Morgan fingerprint density at radius 3 is 2.69 bits per heavy atom. The molecular weight excluding hydrogens is 334 g/mol. The fourth-order valence-corrected chi connectivity index (χ4v) is 2.86. The lowest BCUT2D eigenvalue weighted by Crippen LogP contribution is -2.42. The number of benzene rings is 1. The van der Waals surface area contributed by atoms with Crippen molar-refractivity contribution in [2.75, 3.05) is 19.7 Å². The molecule has 26 heavy (non-hydrogen) atoms. The van der Waals surface area contributed by atoms with Crippen molar-refractivity contribution in [2.24, 2.45) is 5.92 Å². The summed E-state index contributed by atoms with van der Waals surface area (Å²) >= 11 is 0. The van der Waals surface area contributed by atoms with Crippen molar-refractivity contribution in [1.29, 1.82) is 0 Å². The third kappa shape index (κ3) is 4.74. The zero-order chi connectivity index (χ0) is 18.7. The third-order valence-corrected chi connectivity index (χ3v) is 4.24. The van der Waals surface area contributed by atoms with Crippen LogP contribution in [0.15, 0.2) is 24.4 Å². The molecular formula is C19H25N3O4. The maximum atomic E-state index is 12.1. The van der Waals surface area contributed by atoms with Gasteiger partial charge in [0.05, 0.1) is 23.8 Å². The van der Waals surface area contributed by atoms with Crippen LogP contribution in [0.3, 0.4) is 0 Å². The van der Waals surface area contributed by atoms with Gasteiger partial charge in [-0.2, -0.15) is 0 Å². The Bertz CT molecular complexity index is 780. The van der Waals surface area contributed by atoms with Crippen molar-refractivity contribution in [3.63, 3.8) is 0 Å². The Morgan fingerprint density at radius 1 is 1.27 bits per heavy atom. The van der Waals surface area contributed by atoms with Crippen LogP contribution in [0.25, 0.3) is 11.0 Å². The van der Waals surface area contributed by atoms with Crippen molar-refractivity contribution in [2.45, 2.75) is 39.2 Å². The summed E-state index contributed by atoms with van der Waals surface area (Å²) in [5.74, 6) is 0.950. The summed E-state index contributed by atoms with van der Waals surface area (Å²) in [6, 6.07) is 4.86. The van der Waals surface area contributed by atoms with Crippen LogP contribution in [0.5, 0.6) is 11.6 Å². The molecule has 0 aliphatic carbocycles. The number of phenolic OH excluding ortho intramolecular Hbond substituents is 1. The standard InChI is InChI=1S/C19H25N3O4/c1-19(2,3)26-18(24)22-8-6-13(7-9-22)12-25-17-11-20-15-5-4-14(23)10-16(15)21-17/h4-5,10-11,13,23H,6-9,12H2,1-3H3. The molecule has 1 fully saturated rings. The van der Waals surface area contributed by atoms with E-state index in [1.165, 1.54) is 0 Å². The van der Waals surface area contributed by atoms with Gasteiger partial charge in [-0.1, -0.05) is 0 Å². The molecule has 1 aliphatic rings. The normalized spacial score (nSPS) is 15.9. The number of carbonyl (C=O) groups excluding carboxylic acids is 1.